The van der Waals surface area contributed by atoms with Crippen LogP contribution in [0.2, 0.25) is 0 Å². The quantitative estimate of drug-likeness (QED) is 0.729. The molecule has 1 aliphatic heterocycles. The highest BCUT2D eigenvalue weighted by Gasteiger charge is 2.24. The number of nitrogens with zero attached hydrogens (tertiary/aromatic N) is 5. The predicted octanol–water partition coefficient (Wildman–Crippen LogP) is 2.09. The maximum absolute atomic E-state index is 12.3. The highest BCUT2D eigenvalue weighted by Crippen LogP contribution is 2.19. The van der Waals surface area contributed by atoms with Gasteiger partial charge < -0.3 is 14.2 Å². The molecule has 0 atom stereocenters. The third kappa shape index (κ3) is 3.21. The number of amides is 1. The van der Waals surface area contributed by atoms with Crippen LogP contribution in [0.5, 0.6) is 0 Å². The molecule has 0 N–H and O–H groups in total. The van der Waals surface area contributed by atoms with Crippen molar-refractivity contribution >= 4 is 11.7 Å². The van der Waals surface area contributed by atoms with Crippen LogP contribution in [0.3, 0.4) is 0 Å². The molecule has 7 nitrogen and oxygen atoms in total. The lowest BCUT2D eigenvalue weighted by Gasteiger charge is -2.34. The molecule has 0 aromatic carbocycles. The van der Waals surface area contributed by atoms with Crippen LogP contribution in [0.4, 0.5) is 5.82 Å². The first-order valence-corrected chi connectivity index (χ1v) is 8.13. The van der Waals surface area contributed by atoms with E-state index >= 15 is 0 Å². The monoisotopic (exact) mass is 335 g/mol. The maximum atomic E-state index is 12.3. The minimum absolute atomic E-state index is 0.0660. The molecule has 1 saturated heterocycles. The van der Waals surface area contributed by atoms with Crippen LogP contribution in [-0.4, -0.2) is 52.2 Å². The van der Waals surface area contributed by atoms with Gasteiger partial charge in [-0.3, -0.25) is 9.78 Å². The number of hydrogen-bond acceptors (Lipinski definition) is 6. The van der Waals surface area contributed by atoms with E-state index in [1.54, 1.807) is 29.4 Å². The summed E-state index contributed by atoms with van der Waals surface area (Å²) in [7, 11) is 0. The zero-order valence-electron chi connectivity index (χ0n) is 13.6. The van der Waals surface area contributed by atoms with Crippen molar-refractivity contribution < 1.29 is 9.21 Å². The minimum Gasteiger partial charge on any atom is -0.459 e. The standard InChI is InChI=1S/C18H17N5O2/c24-18(16-2-1-13-25-16)23-11-9-22(10-12-23)17-4-3-15(20-21-17)14-5-7-19-8-6-14/h1-8,13H,9-12H2. The van der Waals surface area contributed by atoms with Gasteiger partial charge in [-0.25, -0.2) is 0 Å². The molecule has 0 unspecified atom stereocenters. The van der Waals surface area contributed by atoms with Gasteiger partial charge >= 0.3 is 0 Å². The molecule has 1 fully saturated rings. The number of aromatic nitrogens is 3. The van der Waals surface area contributed by atoms with Crippen LogP contribution in [0.25, 0.3) is 11.3 Å². The van der Waals surface area contributed by atoms with Crippen molar-refractivity contribution in [3.05, 3.63) is 60.8 Å². The van der Waals surface area contributed by atoms with Crippen LogP contribution in [0, 0.1) is 0 Å². The van der Waals surface area contributed by atoms with Gasteiger partial charge in [-0.05, 0) is 36.4 Å². The largest absolute Gasteiger partial charge is 0.459 e. The molecule has 0 saturated carbocycles. The fraction of sp³-hybridized carbons (Fsp3) is 0.222. The molecule has 7 heteroatoms. The van der Waals surface area contributed by atoms with Gasteiger partial charge in [0.2, 0.25) is 0 Å². The number of rotatable bonds is 3. The molecular formula is C18H17N5O2. The Morgan fingerprint density at radius 3 is 2.40 bits per heavy atom. The first kappa shape index (κ1) is 15.3. The van der Waals surface area contributed by atoms with Gasteiger partial charge in [0.25, 0.3) is 5.91 Å². The van der Waals surface area contributed by atoms with E-state index in [1.807, 2.05) is 24.3 Å². The Hall–Kier alpha value is -3.22. The zero-order valence-corrected chi connectivity index (χ0v) is 13.6. The molecule has 3 aromatic rings. The van der Waals surface area contributed by atoms with Crippen molar-refractivity contribution in [1.82, 2.24) is 20.1 Å². The number of pyridine rings is 1. The van der Waals surface area contributed by atoms with Crippen LogP contribution < -0.4 is 4.90 Å². The highest BCUT2D eigenvalue weighted by atomic mass is 16.3. The average molecular weight is 335 g/mol. The molecule has 4 heterocycles. The first-order chi connectivity index (χ1) is 12.3. The second kappa shape index (κ2) is 6.72. The summed E-state index contributed by atoms with van der Waals surface area (Å²) in [5.41, 5.74) is 1.81. The lowest BCUT2D eigenvalue weighted by molar-refractivity contribution is 0.0714. The van der Waals surface area contributed by atoms with Crippen LogP contribution >= 0.6 is 0 Å². The summed E-state index contributed by atoms with van der Waals surface area (Å²) in [6.45, 7) is 2.70. The van der Waals surface area contributed by atoms with Crippen molar-refractivity contribution in [2.24, 2.45) is 0 Å². The first-order valence-electron chi connectivity index (χ1n) is 8.13. The predicted molar refractivity (Wildman–Crippen MR) is 92.1 cm³/mol. The van der Waals surface area contributed by atoms with Gasteiger partial charge in [0, 0.05) is 44.1 Å². The molecule has 0 bridgehead atoms. The fourth-order valence-corrected chi connectivity index (χ4v) is 2.87. The molecule has 0 aliphatic carbocycles. The smallest absolute Gasteiger partial charge is 0.289 e. The van der Waals surface area contributed by atoms with Crippen LogP contribution in [0.15, 0.2) is 59.5 Å². The van der Waals surface area contributed by atoms with Crippen molar-refractivity contribution in [3.8, 4) is 11.3 Å². The Morgan fingerprint density at radius 2 is 1.76 bits per heavy atom. The minimum atomic E-state index is -0.0660. The van der Waals surface area contributed by atoms with Gasteiger partial charge in [-0.1, -0.05) is 0 Å². The summed E-state index contributed by atoms with van der Waals surface area (Å²) in [4.78, 5) is 20.2. The second-order valence-corrected chi connectivity index (χ2v) is 5.77. The average Bonchev–Trinajstić information content (AvgIpc) is 3.23. The lowest BCUT2D eigenvalue weighted by atomic mass is 10.2. The summed E-state index contributed by atoms with van der Waals surface area (Å²) in [5.74, 6) is 1.14. The van der Waals surface area contributed by atoms with Gasteiger partial charge in [-0.15, -0.1) is 10.2 Å². The summed E-state index contributed by atoms with van der Waals surface area (Å²) in [6, 6.07) is 11.2. The molecule has 4 rings (SSSR count). The van der Waals surface area contributed by atoms with E-state index in [-0.39, 0.29) is 5.91 Å². The SMILES string of the molecule is O=C(c1ccco1)N1CCN(c2ccc(-c3ccncc3)nn2)CC1. The molecule has 0 radical (unpaired) electrons. The van der Waals surface area contributed by atoms with Gasteiger partial charge in [-0.2, -0.15) is 0 Å². The Bertz CT molecular complexity index is 826. The van der Waals surface area contributed by atoms with E-state index in [2.05, 4.69) is 20.1 Å². The fourth-order valence-electron chi connectivity index (χ4n) is 2.87. The second-order valence-electron chi connectivity index (χ2n) is 5.77. The number of carbonyl (C=O) groups is 1. The topological polar surface area (TPSA) is 75.4 Å². The van der Waals surface area contributed by atoms with Crippen molar-refractivity contribution in [2.75, 3.05) is 31.1 Å². The maximum Gasteiger partial charge on any atom is 0.289 e. The third-order valence-corrected chi connectivity index (χ3v) is 4.25. The van der Waals surface area contributed by atoms with E-state index < -0.39 is 0 Å². The van der Waals surface area contributed by atoms with Crippen LogP contribution in [-0.2, 0) is 0 Å². The van der Waals surface area contributed by atoms with Crippen molar-refractivity contribution in [3.63, 3.8) is 0 Å². The number of piperazine rings is 1. The number of carbonyl (C=O) groups excluding carboxylic acids is 1. The normalized spacial score (nSPS) is 14.6. The van der Waals surface area contributed by atoms with Crippen molar-refractivity contribution in [2.45, 2.75) is 0 Å². The summed E-state index contributed by atoms with van der Waals surface area (Å²) in [6.07, 6.45) is 4.99. The Balaban J connectivity index is 1.40. The Kier molecular flexibility index (Phi) is 4.12. The van der Waals surface area contributed by atoms with E-state index in [0.29, 0.717) is 18.8 Å². The van der Waals surface area contributed by atoms with E-state index in [0.717, 1.165) is 30.2 Å². The molecular weight excluding hydrogens is 318 g/mol. The molecule has 0 spiro atoms. The summed E-state index contributed by atoms with van der Waals surface area (Å²) in [5, 5.41) is 8.64. The summed E-state index contributed by atoms with van der Waals surface area (Å²) < 4.78 is 5.18. The van der Waals surface area contributed by atoms with Gasteiger partial charge in [0.15, 0.2) is 11.6 Å². The molecule has 3 aromatic heterocycles. The van der Waals surface area contributed by atoms with Crippen molar-refractivity contribution in [1.29, 1.82) is 0 Å². The summed E-state index contributed by atoms with van der Waals surface area (Å²) >= 11 is 0. The van der Waals surface area contributed by atoms with E-state index in [4.69, 9.17) is 4.42 Å². The third-order valence-electron chi connectivity index (χ3n) is 4.25. The molecule has 1 aliphatic rings. The zero-order chi connectivity index (χ0) is 17.1. The molecule has 1 amide bonds. The number of anilines is 1. The number of furan rings is 1. The molecule has 126 valence electrons. The van der Waals surface area contributed by atoms with Crippen LogP contribution in [0.1, 0.15) is 10.6 Å². The Labute approximate surface area is 144 Å². The van der Waals surface area contributed by atoms with Gasteiger partial charge in [0.1, 0.15) is 0 Å². The van der Waals surface area contributed by atoms with Gasteiger partial charge in [0.05, 0.1) is 12.0 Å². The highest BCUT2D eigenvalue weighted by molar-refractivity contribution is 5.91. The lowest BCUT2D eigenvalue weighted by Crippen LogP contribution is -2.49. The van der Waals surface area contributed by atoms with E-state index in [1.165, 1.54) is 6.26 Å². The Morgan fingerprint density at radius 1 is 0.960 bits per heavy atom. The number of hydrogen-bond donors (Lipinski definition) is 0. The van der Waals surface area contributed by atoms with E-state index in [9.17, 15) is 4.79 Å². The molecule has 25 heavy (non-hydrogen) atoms.